The number of pyridine rings is 1. The Kier molecular flexibility index (Phi) is 4.46. The maximum atomic E-state index is 10.4. The second kappa shape index (κ2) is 5.86. The van der Waals surface area contributed by atoms with Gasteiger partial charge < -0.3 is 15.9 Å². The fourth-order valence-corrected chi connectivity index (χ4v) is 1.02. The number of amides is 5. The first-order chi connectivity index (χ1) is 9.25. The summed E-state index contributed by atoms with van der Waals surface area (Å²) in [6.07, 6.45) is 3.02. The molecule has 1 aromatic rings. The number of carbonyl (C=O) groups excluding carboxylic acids is 4. The number of nitrogens with one attached hydrogen (secondary N) is 2. The van der Waals surface area contributed by atoms with Crippen molar-refractivity contribution in [1.82, 2.24) is 15.6 Å². The van der Waals surface area contributed by atoms with Gasteiger partial charge >= 0.3 is 11.8 Å². The van der Waals surface area contributed by atoms with E-state index in [1.54, 1.807) is 18.3 Å². The Morgan fingerprint density at radius 2 is 1.75 bits per heavy atom. The molecule has 10 heteroatoms. The number of nitrogens with zero attached hydrogens (tertiary/aromatic N) is 1. The highest BCUT2D eigenvalue weighted by molar-refractivity contribution is 6.20. The number of aliphatic hydroxyl groups is 2. The summed E-state index contributed by atoms with van der Waals surface area (Å²) >= 11 is 0. The van der Waals surface area contributed by atoms with Crippen molar-refractivity contribution in [3.05, 3.63) is 30.1 Å². The molecule has 1 aliphatic heterocycles. The first-order valence-corrected chi connectivity index (χ1v) is 5.06. The fourth-order valence-electron chi connectivity index (χ4n) is 1.02. The van der Waals surface area contributed by atoms with E-state index in [0.29, 0.717) is 5.56 Å². The number of carbonyl (C=O) groups is 4. The predicted octanol–water partition coefficient (Wildman–Crippen LogP) is -2.79. The molecule has 0 bridgehead atoms. The lowest BCUT2D eigenvalue weighted by Gasteiger charge is -2.22. The summed E-state index contributed by atoms with van der Waals surface area (Å²) in [6, 6.07) is 2.22. The molecule has 0 saturated carbocycles. The van der Waals surface area contributed by atoms with Gasteiger partial charge in [-0.1, -0.05) is 0 Å². The second-order valence-corrected chi connectivity index (χ2v) is 3.52. The Bertz CT molecular complexity index is 534. The highest BCUT2D eigenvalue weighted by atomic mass is 16.5. The van der Waals surface area contributed by atoms with Crippen molar-refractivity contribution in [2.24, 2.45) is 5.73 Å². The van der Waals surface area contributed by atoms with Crippen LogP contribution in [0.4, 0.5) is 4.79 Å². The van der Waals surface area contributed by atoms with Crippen LogP contribution in [0.3, 0.4) is 0 Å². The van der Waals surface area contributed by atoms with Gasteiger partial charge in [0.25, 0.3) is 11.8 Å². The van der Waals surface area contributed by atoms with Crippen LogP contribution in [-0.4, -0.2) is 44.7 Å². The highest BCUT2D eigenvalue weighted by Gasteiger charge is 2.47. The third-order valence-electron chi connectivity index (χ3n) is 2.03. The summed E-state index contributed by atoms with van der Waals surface area (Å²) in [4.78, 5) is 45.3. The third kappa shape index (κ3) is 3.57. The molecule has 5 amide bonds. The summed E-state index contributed by atoms with van der Waals surface area (Å²) in [6.45, 7) is 0. The molecule has 10 nitrogen and oxygen atoms in total. The molecule has 0 unspecified atom stereocenters. The number of imide groups is 2. The van der Waals surface area contributed by atoms with Crippen LogP contribution < -0.4 is 16.4 Å². The smallest absolute Gasteiger partial charge is 0.328 e. The van der Waals surface area contributed by atoms with Crippen molar-refractivity contribution in [3.8, 4) is 0 Å². The molecule has 1 aliphatic rings. The monoisotopic (exact) mass is 282 g/mol. The maximum Gasteiger partial charge on any atom is 0.328 e. The number of hydrogen-bond acceptors (Lipinski definition) is 7. The molecule has 0 radical (unpaired) electrons. The van der Waals surface area contributed by atoms with E-state index in [2.05, 4.69) is 4.98 Å². The SMILES string of the molecule is NC(=O)c1cccnc1.O=C1NC(=O)C(O)(O)C(=O)N1. The summed E-state index contributed by atoms with van der Waals surface area (Å²) in [5.74, 6) is -6.49. The van der Waals surface area contributed by atoms with Crippen LogP contribution in [0.25, 0.3) is 0 Å². The number of aromatic nitrogens is 1. The van der Waals surface area contributed by atoms with Crippen LogP contribution in [-0.2, 0) is 9.59 Å². The van der Waals surface area contributed by atoms with E-state index in [1.165, 1.54) is 16.8 Å². The first-order valence-electron chi connectivity index (χ1n) is 5.06. The zero-order valence-electron chi connectivity index (χ0n) is 9.86. The number of primary amides is 1. The maximum absolute atomic E-state index is 10.4. The molecule has 0 atom stereocenters. The fraction of sp³-hybridized carbons (Fsp3) is 0.100. The quantitative estimate of drug-likeness (QED) is 0.273. The van der Waals surface area contributed by atoms with Gasteiger partial charge in [0.05, 0.1) is 5.56 Å². The van der Waals surface area contributed by atoms with Crippen molar-refractivity contribution < 1.29 is 29.4 Å². The molecule has 106 valence electrons. The van der Waals surface area contributed by atoms with Crippen LogP contribution in [0.1, 0.15) is 10.4 Å². The third-order valence-corrected chi connectivity index (χ3v) is 2.03. The van der Waals surface area contributed by atoms with E-state index in [1.807, 2.05) is 0 Å². The van der Waals surface area contributed by atoms with Gasteiger partial charge in [0.15, 0.2) is 0 Å². The zero-order valence-corrected chi connectivity index (χ0v) is 9.86. The number of nitrogens with two attached hydrogens (primary N) is 1. The van der Waals surface area contributed by atoms with Crippen LogP contribution in [0, 0.1) is 0 Å². The molecule has 1 saturated heterocycles. The van der Waals surface area contributed by atoms with E-state index >= 15 is 0 Å². The van der Waals surface area contributed by atoms with Gasteiger partial charge in [0.1, 0.15) is 0 Å². The van der Waals surface area contributed by atoms with E-state index in [4.69, 9.17) is 15.9 Å². The Morgan fingerprint density at radius 1 is 1.20 bits per heavy atom. The lowest BCUT2D eigenvalue weighted by molar-refractivity contribution is -0.193. The topological polar surface area (TPSA) is 172 Å². The standard InChI is InChI=1S/C6H6N2O.C4H4N2O5/c7-6(9)5-2-1-3-8-4-5;7-1-4(10,11)2(8)6-3(9)5-1/h1-4H,(H2,7,9);10-11H,(H2,5,6,7,8,9). The molecular weight excluding hydrogens is 272 g/mol. The van der Waals surface area contributed by atoms with E-state index in [-0.39, 0.29) is 0 Å². The van der Waals surface area contributed by atoms with Crippen molar-refractivity contribution >= 4 is 23.8 Å². The Balaban J connectivity index is 0.000000204. The van der Waals surface area contributed by atoms with Crippen molar-refractivity contribution in [2.75, 3.05) is 0 Å². The van der Waals surface area contributed by atoms with Crippen molar-refractivity contribution in [1.29, 1.82) is 0 Å². The molecule has 2 rings (SSSR count). The van der Waals surface area contributed by atoms with Gasteiger partial charge in [-0.3, -0.25) is 30.0 Å². The Labute approximate surface area is 111 Å². The molecular formula is C10H10N4O6. The van der Waals surface area contributed by atoms with Gasteiger partial charge in [-0.2, -0.15) is 0 Å². The van der Waals surface area contributed by atoms with Crippen LogP contribution in [0.15, 0.2) is 24.5 Å². The predicted molar refractivity (Wildman–Crippen MR) is 61.6 cm³/mol. The minimum atomic E-state index is -3.14. The van der Waals surface area contributed by atoms with Gasteiger partial charge in [0.2, 0.25) is 5.91 Å². The molecule has 0 spiro atoms. The number of hydrogen-bond donors (Lipinski definition) is 5. The number of barbiturate groups is 1. The molecule has 1 fully saturated rings. The minimum Gasteiger partial charge on any atom is -0.366 e. The largest absolute Gasteiger partial charge is 0.366 e. The number of urea groups is 1. The zero-order chi connectivity index (χ0) is 15.3. The van der Waals surface area contributed by atoms with Gasteiger partial charge in [-0.25, -0.2) is 4.79 Å². The first kappa shape index (κ1) is 15.2. The minimum absolute atomic E-state index is 0.442. The highest BCUT2D eigenvalue weighted by Crippen LogP contribution is 2.02. The van der Waals surface area contributed by atoms with E-state index in [9.17, 15) is 19.2 Å². The summed E-state index contributed by atoms with van der Waals surface area (Å²) in [5, 5.41) is 20.2. The normalized spacial score (nSPS) is 16.4. The molecule has 6 N–H and O–H groups in total. The summed E-state index contributed by atoms with van der Waals surface area (Å²) in [7, 11) is 0. The second-order valence-electron chi connectivity index (χ2n) is 3.52. The van der Waals surface area contributed by atoms with E-state index in [0.717, 1.165) is 0 Å². The summed E-state index contributed by atoms with van der Waals surface area (Å²) in [5.41, 5.74) is 5.38. The number of rotatable bonds is 1. The van der Waals surface area contributed by atoms with Crippen molar-refractivity contribution in [3.63, 3.8) is 0 Å². The lowest BCUT2D eigenvalue weighted by atomic mass is 10.2. The van der Waals surface area contributed by atoms with Crippen LogP contribution >= 0.6 is 0 Å². The lowest BCUT2D eigenvalue weighted by Crippen LogP contribution is -2.66. The van der Waals surface area contributed by atoms with E-state index < -0.39 is 29.5 Å². The van der Waals surface area contributed by atoms with Gasteiger partial charge in [-0.15, -0.1) is 0 Å². The van der Waals surface area contributed by atoms with Crippen LogP contribution in [0.5, 0.6) is 0 Å². The average Bonchev–Trinajstić information content (AvgIpc) is 2.38. The molecule has 1 aromatic heterocycles. The van der Waals surface area contributed by atoms with Crippen LogP contribution in [0.2, 0.25) is 0 Å². The molecule has 2 heterocycles. The molecule has 20 heavy (non-hydrogen) atoms. The van der Waals surface area contributed by atoms with Crippen molar-refractivity contribution in [2.45, 2.75) is 5.79 Å². The Morgan fingerprint density at radius 3 is 2.10 bits per heavy atom. The molecule has 0 aliphatic carbocycles. The van der Waals surface area contributed by atoms with Gasteiger partial charge in [0, 0.05) is 12.4 Å². The Hall–Kier alpha value is -2.85. The van der Waals surface area contributed by atoms with Gasteiger partial charge in [-0.05, 0) is 12.1 Å². The molecule has 0 aromatic carbocycles. The average molecular weight is 282 g/mol. The summed E-state index contributed by atoms with van der Waals surface area (Å²) < 4.78 is 0.